The van der Waals surface area contributed by atoms with Crippen molar-refractivity contribution in [3.63, 3.8) is 0 Å². The Hall–Kier alpha value is -0.870. The number of hydrogen-bond donors (Lipinski definition) is 2. The first-order chi connectivity index (χ1) is 9.10. The number of carbonyl (C=O) groups is 1. The molecule has 0 heterocycles. The van der Waals surface area contributed by atoms with E-state index in [1.165, 1.54) is 0 Å². The third-order valence-electron chi connectivity index (χ3n) is 4.34. The lowest BCUT2D eigenvalue weighted by molar-refractivity contribution is -0.124. The number of hydrogen-bond acceptors (Lipinski definition) is 2. The van der Waals surface area contributed by atoms with Gasteiger partial charge in [0.2, 0.25) is 5.91 Å². The fraction of sp³-hybridized carbons (Fsp3) is 0.533. The zero-order chi connectivity index (χ0) is 13.5. The summed E-state index contributed by atoms with van der Waals surface area (Å²) >= 11 is 3.42. The summed E-state index contributed by atoms with van der Waals surface area (Å²) < 4.78 is 1.04. The Morgan fingerprint density at radius 1 is 1.32 bits per heavy atom. The lowest BCUT2D eigenvalue weighted by atomic mass is 9.82. The number of benzene rings is 1. The zero-order valence-electron chi connectivity index (χ0n) is 10.7. The Kier molecular flexibility index (Phi) is 3.39. The zero-order valence-corrected chi connectivity index (χ0v) is 12.3. The van der Waals surface area contributed by atoms with Crippen molar-refractivity contribution < 1.29 is 9.90 Å². The van der Waals surface area contributed by atoms with E-state index in [-0.39, 0.29) is 17.4 Å². The maximum absolute atomic E-state index is 12.4. The molecule has 0 bridgehead atoms. The molecule has 2 N–H and O–H groups in total. The predicted molar refractivity (Wildman–Crippen MR) is 76.8 cm³/mol. The summed E-state index contributed by atoms with van der Waals surface area (Å²) in [5, 5.41) is 12.3. The van der Waals surface area contributed by atoms with Gasteiger partial charge in [0.15, 0.2) is 0 Å². The number of nitrogens with one attached hydrogen (secondary N) is 1. The summed E-state index contributed by atoms with van der Waals surface area (Å²) in [5.74, 6) is 0.607. The summed E-state index contributed by atoms with van der Waals surface area (Å²) in [4.78, 5) is 12.4. The van der Waals surface area contributed by atoms with E-state index in [9.17, 15) is 9.90 Å². The summed E-state index contributed by atoms with van der Waals surface area (Å²) in [6.07, 6.45) is 3.38. The van der Waals surface area contributed by atoms with Crippen molar-refractivity contribution in [1.29, 1.82) is 0 Å². The van der Waals surface area contributed by atoms with Gasteiger partial charge < -0.3 is 10.4 Å². The first-order valence-electron chi connectivity index (χ1n) is 6.82. The first-order valence-corrected chi connectivity index (χ1v) is 7.62. The van der Waals surface area contributed by atoms with Crippen molar-refractivity contribution in [2.75, 3.05) is 6.54 Å². The normalized spacial score (nSPS) is 27.5. The van der Waals surface area contributed by atoms with Gasteiger partial charge in [-0.05, 0) is 49.3 Å². The fourth-order valence-electron chi connectivity index (χ4n) is 2.81. The van der Waals surface area contributed by atoms with Crippen LogP contribution in [0.15, 0.2) is 28.7 Å². The molecule has 2 fully saturated rings. The molecule has 1 aromatic carbocycles. The SMILES string of the molecule is O=C(NCC1CC(O)C1)C1(c2ccc(Br)cc2)CC1. The number of aliphatic hydroxyl groups excluding tert-OH is 1. The number of halogens is 1. The maximum atomic E-state index is 12.4. The molecule has 0 aliphatic heterocycles. The molecule has 19 heavy (non-hydrogen) atoms. The Labute approximate surface area is 121 Å². The van der Waals surface area contributed by atoms with Crippen LogP contribution in [-0.2, 0) is 10.2 Å². The maximum Gasteiger partial charge on any atom is 0.230 e. The second-order valence-corrected chi connectivity index (χ2v) is 6.71. The number of aliphatic hydroxyl groups is 1. The van der Waals surface area contributed by atoms with E-state index in [1.807, 2.05) is 24.3 Å². The molecule has 2 aliphatic carbocycles. The van der Waals surface area contributed by atoms with Gasteiger partial charge in [-0.1, -0.05) is 28.1 Å². The van der Waals surface area contributed by atoms with Crippen LogP contribution in [0.25, 0.3) is 0 Å². The van der Waals surface area contributed by atoms with Gasteiger partial charge in [-0.25, -0.2) is 0 Å². The average Bonchev–Trinajstić information content (AvgIpc) is 3.15. The monoisotopic (exact) mass is 323 g/mol. The first kappa shape index (κ1) is 13.1. The quantitative estimate of drug-likeness (QED) is 0.893. The van der Waals surface area contributed by atoms with E-state index in [0.717, 1.165) is 35.7 Å². The lowest BCUT2D eigenvalue weighted by Gasteiger charge is -2.31. The molecule has 0 radical (unpaired) electrons. The van der Waals surface area contributed by atoms with Crippen LogP contribution >= 0.6 is 15.9 Å². The van der Waals surface area contributed by atoms with Gasteiger partial charge in [-0.2, -0.15) is 0 Å². The van der Waals surface area contributed by atoms with Crippen molar-refractivity contribution in [1.82, 2.24) is 5.32 Å². The molecule has 3 nitrogen and oxygen atoms in total. The minimum Gasteiger partial charge on any atom is -0.393 e. The molecule has 2 saturated carbocycles. The molecule has 3 rings (SSSR count). The van der Waals surface area contributed by atoms with Gasteiger partial charge in [0.1, 0.15) is 0 Å². The standard InChI is InChI=1S/C15H18BrNO2/c16-12-3-1-11(2-4-12)15(5-6-15)14(19)17-9-10-7-13(18)8-10/h1-4,10,13,18H,5-9H2,(H,17,19). The van der Waals surface area contributed by atoms with Gasteiger partial charge in [-0.15, -0.1) is 0 Å². The predicted octanol–water partition coefficient (Wildman–Crippen LogP) is 2.37. The number of carbonyl (C=O) groups excluding carboxylic acids is 1. The molecule has 0 atom stereocenters. The highest BCUT2D eigenvalue weighted by atomic mass is 79.9. The Balaban J connectivity index is 1.61. The topological polar surface area (TPSA) is 49.3 Å². The van der Waals surface area contributed by atoms with Gasteiger partial charge in [-0.3, -0.25) is 4.79 Å². The van der Waals surface area contributed by atoms with Crippen LogP contribution in [0.1, 0.15) is 31.2 Å². The van der Waals surface area contributed by atoms with Gasteiger partial charge >= 0.3 is 0 Å². The molecule has 2 aliphatic rings. The minimum atomic E-state index is -0.289. The van der Waals surface area contributed by atoms with Crippen molar-refractivity contribution in [2.45, 2.75) is 37.2 Å². The molecule has 0 saturated heterocycles. The molecular weight excluding hydrogens is 306 g/mol. The molecular formula is C15H18BrNO2. The summed E-state index contributed by atoms with van der Waals surface area (Å²) in [5.41, 5.74) is 0.824. The highest BCUT2D eigenvalue weighted by Gasteiger charge is 2.51. The van der Waals surface area contributed by atoms with Crippen molar-refractivity contribution in [2.24, 2.45) is 5.92 Å². The van der Waals surface area contributed by atoms with E-state index in [2.05, 4.69) is 21.2 Å². The van der Waals surface area contributed by atoms with Crippen LogP contribution in [0.4, 0.5) is 0 Å². The van der Waals surface area contributed by atoms with Crippen molar-refractivity contribution in [3.05, 3.63) is 34.3 Å². The van der Waals surface area contributed by atoms with Crippen LogP contribution in [0.5, 0.6) is 0 Å². The Bertz CT molecular complexity index is 475. The average molecular weight is 324 g/mol. The Morgan fingerprint density at radius 3 is 2.47 bits per heavy atom. The van der Waals surface area contributed by atoms with Crippen LogP contribution in [0.3, 0.4) is 0 Å². The van der Waals surface area contributed by atoms with Crippen LogP contribution < -0.4 is 5.32 Å². The van der Waals surface area contributed by atoms with Crippen LogP contribution in [0.2, 0.25) is 0 Å². The highest BCUT2D eigenvalue weighted by molar-refractivity contribution is 9.10. The summed E-state index contributed by atoms with van der Waals surface area (Å²) in [7, 11) is 0. The van der Waals surface area contributed by atoms with E-state index < -0.39 is 0 Å². The molecule has 0 aromatic heterocycles. The largest absolute Gasteiger partial charge is 0.393 e. The molecule has 1 aromatic rings. The van der Waals surface area contributed by atoms with Crippen molar-refractivity contribution >= 4 is 21.8 Å². The fourth-order valence-corrected chi connectivity index (χ4v) is 3.08. The molecule has 102 valence electrons. The van der Waals surface area contributed by atoms with E-state index in [4.69, 9.17) is 0 Å². The number of rotatable bonds is 4. The van der Waals surface area contributed by atoms with Crippen LogP contribution in [0, 0.1) is 5.92 Å². The summed E-state index contributed by atoms with van der Waals surface area (Å²) in [6.45, 7) is 0.703. The van der Waals surface area contributed by atoms with E-state index >= 15 is 0 Å². The van der Waals surface area contributed by atoms with E-state index in [1.54, 1.807) is 0 Å². The van der Waals surface area contributed by atoms with Gasteiger partial charge in [0.25, 0.3) is 0 Å². The highest BCUT2D eigenvalue weighted by Crippen LogP contribution is 2.48. The van der Waals surface area contributed by atoms with Gasteiger partial charge in [0, 0.05) is 11.0 Å². The second kappa shape index (κ2) is 4.91. The summed E-state index contributed by atoms with van der Waals surface area (Å²) in [6, 6.07) is 8.05. The molecule has 0 spiro atoms. The third kappa shape index (κ3) is 2.56. The van der Waals surface area contributed by atoms with E-state index in [0.29, 0.717) is 12.5 Å². The smallest absolute Gasteiger partial charge is 0.230 e. The van der Waals surface area contributed by atoms with Crippen molar-refractivity contribution in [3.8, 4) is 0 Å². The number of amides is 1. The molecule has 4 heteroatoms. The lowest BCUT2D eigenvalue weighted by Crippen LogP contribution is -2.42. The molecule has 1 amide bonds. The second-order valence-electron chi connectivity index (χ2n) is 5.79. The minimum absolute atomic E-state index is 0.149. The van der Waals surface area contributed by atoms with Crippen LogP contribution in [-0.4, -0.2) is 23.7 Å². The third-order valence-corrected chi connectivity index (χ3v) is 4.87. The Morgan fingerprint density at radius 2 is 1.95 bits per heavy atom. The molecule has 0 unspecified atom stereocenters. The van der Waals surface area contributed by atoms with Gasteiger partial charge in [0.05, 0.1) is 11.5 Å².